The fourth-order valence-corrected chi connectivity index (χ4v) is 3.27. The van der Waals surface area contributed by atoms with Crippen LogP contribution >= 0.6 is 23.3 Å². The minimum Gasteiger partial charge on any atom is -0.300 e. The second-order valence-corrected chi connectivity index (χ2v) is 5.97. The SMILES string of the molecule is CSc1nsc(NC(=O)Cc2cccc3ccccc23)n1. The van der Waals surface area contributed by atoms with Gasteiger partial charge in [-0.05, 0) is 22.6 Å². The second-order valence-electron chi connectivity index (χ2n) is 4.45. The summed E-state index contributed by atoms with van der Waals surface area (Å²) >= 11 is 2.66. The van der Waals surface area contributed by atoms with E-state index in [0.717, 1.165) is 16.3 Å². The molecular formula is C15H13N3OS2. The number of rotatable bonds is 4. The average Bonchev–Trinajstić information content (AvgIpc) is 2.95. The summed E-state index contributed by atoms with van der Waals surface area (Å²) in [5.41, 5.74) is 1.01. The highest BCUT2D eigenvalue weighted by Gasteiger charge is 2.10. The van der Waals surface area contributed by atoms with Gasteiger partial charge in [0.15, 0.2) is 0 Å². The number of hydrogen-bond donors (Lipinski definition) is 1. The van der Waals surface area contributed by atoms with Gasteiger partial charge in [-0.25, -0.2) is 0 Å². The number of carbonyl (C=O) groups excluding carboxylic acids is 1. The Bertz CT molecular complexity index is 780. The topological polar surface area (TPSA) is 54.9 Å². The lowest BCUT2D eigenvalue weighted by atomic mass is 10.0. The van der Waals surface area contributed by atoms with Gasteiger partial charge < -0.3 is 5.32 Å². The van der Waals surface area contributed by atoms with E-state index in [1.54, 1.807) is 0 Å². The molecule has 0 aliphatic rings. The molecule has 4 nitrogen and oxygen atoms in total. The third-order valence-electron chi connectivity index (χ3n) is 3.07. The van der Waals surface area contributed by atoms with Crippen molar-refractivity contribution in [3.8, 4) is 0 Å². The molecule has 6 heteroatoms. The lowest BCUT2D eigenvalue weighted by Gasteiger charge is -2.06. The smallest absolute Gasteiger partial charge is 0.230 e. The number of hydrogen-bond acceptors (Lipinski definition) is 5. The monoisotopic (exact) mass is 315 g/mol. The molecule has 0 aliphatic carbocycles. The molecule has 3 aromatic rings. The molecule has 1 N–H and O–H groups in total. The van der Waals surface area contributed by atoms with E-state index >= 15 is 0 Å². The van der Waals surface area contributed by atoms with Crippen molar-refractivity contribution in [2.75, 3.05) is 11.6 Å². The molecule has 0 unspecified atom stereocenters. The molecule has 2 aromatic carbocycles. The van der Waals surface area contributed by atoms with E-state index in [2.05, 4.69) is 14.7 Å². The van der Waals surface area contributed by atoms with Gasteiger partial charge in [-0.1, -0.05) is 54.2 Å². The van der Waals surface area contributed by atoms with E-state index in [-0.39, 0.29) is 5.91 Å². The van der Waals surface area contributed by atoms with E-state index in [4.69, 9.17) is 0 Å². The minimum atomic E-state index is -0.0739. The highest BCUT2D eigenvalue weighted by atomic mass is 32.2. The largest absolute Gasteiger partial charge is 0.300 e. The van der Waals surface area contributed by atoms with Crippen molar-refractivity contribution in [1.82, 2.24) is 9.36 Å². The van der Waals surface area contributed by atoms with E-state index in [1.165, 1.54) is 23.3 Å². The van der Waals surface area contributed by atoms with Crippen LogP contribution in [-0.4, -0.2) is 21.5 Å². The van der Waals surface area contributed by atoms with Crippen LogP contribution in [0.15, 0.2) is 47.6 Å². The number of nitrogens with zero attached hydrogens (tertiary/aromatic N) is 2. The Morgan fingerprint density at radius 3 is 2.86 bits per heavy atom. The summed E-state index contributed by atoms with van der Waals surface area (Å²) < 4.78 is 4.12. The van der Waals surface area contributed by atoms with Gasteiger partial charge in [0.2, 0.25) is 16.2 Å². The first-order valence-corrected chi connectivity index (χ1v) is 8.40. The Morgan fingerprint density at radius 2 is 2.05 bits per heavy atom. The number of aromatic nitrogens is 2. The van der Waals surface area contributed by atoms with Crippen LogP contribution in [0.4, 0.5) is 5.13 Å². The molecule has 0 radical (unpaired) electrons. The summed E-state index contributed by atoms with van der Waals surface area (Å²) in [6.07, 6.45) is 2.24. The zero-order valence-corrected chi connectivity index (χ0v) is 13.0. The van der Waals surface area contributed by atoms with Gasteiger partial charge in [0, 0.05) is 11.5 Å². The zero-order valence-electron chi connectivity index (χ0n) is 11.4. The number of amides is 1. The lowest BCUT2D eigenvalue weighted by Crippen LogP contribution is -2.14. The average molecular weight is 315 g/mol. The lowest BCUT2D eigenvalue weighted by molar-refractivity contribution is -0.115. The van der Waals surface area contributed by atoms with Gasteiger partial charge >= 0.3 is 0 Å². The van der Waals surface area contributed by atoms with Gasteiger partial charge in [-0.15, -0.1) is 0 Å². The van der Waals surface area contributed by atoms with Crippen molar-refractivity contribution >= 4 is 45.1 Å². The van der Waals surface area contributed by atoms with E-state index < -0.39 is 0 Å². The summed E-state index contributed by atoms with van der Waals surface area (Å²) in [4.78, 5) is 16.4. The fraction of sp³-hybridized carbons (Fsp3) is 0.133. The van der Waals surface area contributed by atoms with Crippen LogP contribution in [-0.2, 0) is 11.2 Å². The summed E-state index contributed by atoms with van der Waals surface area (Å²) in [7, 11) is 0. The van der Waals surface area contributed by atoms with Gasteiger partial charge in [0.05, 0.1) is 6.42 Å². The second kappa shape index (κ2) is 6.24. The van der Waals surface area contributed by atoms with Crippen LogP contribution in [0, 0.1) is 0 Å². The first-order chi connectivity index (χ1) is 10.3. The van der Waals surface area contributed by atoms with Gasteiger partial charge in [0.25, 0.3) is 0 Å². The van der Waals surface area contributed by atoms with Gasteiger partial charge in [0.1, 0.15) is 0 Å². The molecule has 0 atom stereocenters. The van der Waals surface area contributed by atoms with E-state index in [1.807, 2.05) is 48.7 Å². The predicted molar refractivity (Wildman–Crippen MR) is 88.0 cm³/mol. The molecule has 21 heavy (non-hydrogen) atoms. The molecule has 0 bridgehead atoms. The van der Waals surface area contributed by atoms with E-state index in [0.29, 0.717) is 16.7 Å². The Balaban J connectivity index is 1.77. The van der Waals surface area contributed by atoms with Gasteiger partial charge in [-0.2, -0.15) is 9.36 Å². The van der Waals surface area contributed by atoms with Crippen molar-refractivity contribution in [1.29, 1.82) is 0 Å². The standard InChI is InChI=1S/C15H13N3OS2/c1-20-15-17-14(21-18-15)16-13(19)9-11-7-4-6-10-5-2-3-8-12(10)11/h2-8H,9H2,1H3,(H,16,17,18,19). The molecule has 0 fully saturated rings. The molecule has 0 aliphatic heterocycles. The fourth-order valence-electron chi connectivity index (χ4n) is 2.13. The molecule has 0 saturated heterocycles. The summed E-state index contributed by atoms with van der Waals surface area (Å²) in [5.74, 6) is -0.0739. The maximum absolute atomic E-state index is 12.1. The van der Waals surface area contributed by atoms with Crippen LogP contribution in [0.1, 0.15) is 5.56 Å². The first-order valence-electron chi connectivity index (χ1n) is 6.40. The van der Waals surface area contributed by atoms with Gasteiger partial charge in [-0.3, -0.25) is 4.79 Å². The quantitative estimate of drug-likeness (QED) is 0.748. The maximum atomic E-state index is 12.1. The number of thioether (sulfide) groups is 1. The molecule has 1 amide bonds. The zero-order chi connectivity index (χ0) is 14.7. The normalized spacial score (nSPS) is 10.7. The highest BCUT2D eigenvalue weighted by molar-refractivity contribution is 7.98. The third-order valence-corrected chi connectivity index (χ3v) is 4.36. The summed E-state index contributed by atoms with van der Waals surface area (Å²) in [5, 5.41) is 6.28. The molecule has 1 heterocycles. The molecule has 0 saturated carbocycles. The Kier molecular flexibility index (Phi) is 4.17. The van der Waals surface area contributed by atoms with Crippen LogP contribution < -0.4 is 5.32 Å². The summed E-state index contributed by atoms with van der Waals surface area (Å²) in [6, 6.07) is 14.1. The van der Waals surface area contributed by atoms with Crippen LogP contribution in [0.2, 0.25) is 0 Å². The van der Waals surface area contributed by atoms with Crippen molar-refractivity contribution in [2.45, 2.75) is 11.6 Å². The minimum absolute atomic E-state index is 0.0739. The van der Waals surface area contributed by atoms with Crippen LogP contribution in [0.5, 0.6) is 0 Å². The molecule has 3 rings (SSSR count). The van der Waals surface area contributed by atoms with Crippen molar-refractivity contribution in [3.63, 3.8) is 0 Å². The molecule has 106 valence electrons. The third kappa shape index (κ3) is 3.22. The van der Waals surface area contributed by atoms with E-state index in [9.17, 15) is 4.79 Å². The van der Waals surface area contributed by atoms with Crippen molar-refractivity contribution in [3.05, 3.63) is 48.0 Å². The molecular weight excluding hydrogens is 302 g/mol. The number of fused-ring (bicyclic) bond motifs is 1. The van der Waals surface area contributed by atoms with Crippen molar-refractivity contribution in [2.24, 2.45) is 0 Å². The number of nitrogens with one attached hydrogen (secondary N) is 1. The van der Waals surface area contributed by atoms with Crippen molar-refractivity contribution < 1.29 is 4.79 Å². The molecule has 0 spiro atoms. The van der Waals surface area contributed by atoms with Crippen LogP contribution in [0.3, 0.4) is 0 Å². The number of carbonyl (C=O) groups is 1. The van der Waals surface area contributed by atoms with Crippen LogP contribution in [0.25, 0.3) is 10.8 Å². The molecule has 1 aromatic heterocycles. The first kappa shape index (κ1) is 14.0. The predicted octanol–water partition coefficient (Wildman–Crippen LogP) is 3.59. The number of anilines is 1. The Hall–Kier alpha value is -1.92. The maximum Gasteiger partial charge on any atom is 0.230 e. The Labute approximate surface area is 130 Å². The number of benzene rings is 2. The highest BCUT2D eigenvalue weighted by Crippen LogP contribution is 2.21. The summed E-state index contributed by atoms with van der Waals surface area (Å²) in [6.45, 7) is 0. The Morgan fingerprint density at radius 1 is 1.24 bits per heavy atom.